The van der Waals surface area contributed by atoms with E-state index in [-0.39, 0.29) is 11.3 Å². The molecule has 33 heavy (non-hydrogen) atoms. The molecule has 3 heterocycles. The molecule has 2 aliphatic heterocycles. The maximum absolute atomic E-state index is 13.6. The predicted molar refractivity (Wildman–Crippen MR) is 130 cm³/mol. The van der Waals surface area contributed by atoms with E-state index < -0.39 is 12.1 Å². The first kappa shape index (κ1) is 22.1. The maximum Gasteiger partial charge on any atom is 0.356 e. The van der Waals surface area contributed by atoms with Crippen LogP contribution in [0.1, 0.15) is 23.7 Å². The molecule has 1 fully saturated rings. The number of ether oxygens (including phenoxy) is 1. The van der Waals surface area contributed by atoms with Crippen LogP contribution in [0.5, 0.6) is 0 Å². The molecule has 1 aromatic heterocycles. The van der Waals surface area contributed by atoms with Gasteiger partial charge in [-0.05, 0) is 11.1 Å². The van der Waals surface area contributed by atoms with Crippen LogP contribution in [-0.4, -0.2) is 48.4 Å². The summed E-state index contributed by atoms with van der Waals surface area (Å²) >= 11 is 4.74. The fourth-order valence-corrected chi connectivity index (χ4v) is 7.14. The Bertz CT molecular complexity index is 1120. The molecule has 0 unspecified atom stereocenters. The summed E-state index contributed by atoms with van der Waals surface area (Å²) in [7, 11) is 0. The topological polar surface area (TPSA) is 88.2 Å². The molecule has 2 aromatic carbocycles. The molecule has 7 nitrogen and oxygen atoms in total. The van der Waals surface area contributed by atoms with Crippen molar-refractivity contribution in [3.05, 3.63) is 88.6 Å². The first-order chi connectivity index (χ1) is 16.2. The number of aromatic amines is 1. The number of nitrogens with one attached hydrogen (secondary N) is 1. The minimum Gasteiger partial charge on any atom is -0.448 e. The van der Waals surface area contributed by atoms with E-state index in [4.69, 9.17) is 4.74 Å². The molecule has 1 amide bonds. The molecule has 0 bridgehead atoms. The number of esters is 1. The number of carbonyl (C=O) groups excluding carboxylic acids is 2. The lowest BCUT2D eigenvalue weighted by molar-refractivity contribution is -0.151. The lowest BCUT2D eigenvalue weighted by atomic mass is 10.0. The van der Waals surface area contributed by atoms with E-state index in [1.165, 1.54) is 23.5 Å². The summed E-state index contributed by atoms with van der Waals surface area (Å²) in [5.41, 5.74) is 2.13. The van der Waals surface area contributed by atoms with Crippen molar-refractivity contribution in [2.45, 2.75) is 22.9 Å². The average molecular weight is 497 g/mol. The summed E-state index contributed by atoms with van der Waals surface area (Å²) in [5.74, 6) is 0.155. The summed E-state index contributed by atoms with van der Waals surface area (Å²) in [6.45, 7) is 0. The molecule has 0 saturated carbocycles. The van der Waals surface area contributed by atoms with Gasteiger partial charge in [0.2, 0.25) is 5.91 Å². The van der Waals surface area contributed by atoms with Crippen LogP contribution in [-0.2, 0) is 14.3 Å². The molecule has 1 atom stereocenters. The van der Waals surface area contributed by atoms with Gasteiger partial charge in [0.25, 0.3) is 0 Å². The normalized spacial score (nSPS) is 17.7. The third kappa shape index (κ3) is 4.83. The molecule has 1 N–H and O–H groups in total. The highest BCUT2D eigenvalue weighted by Gasteiger charge is 2.46. The highest BCUT2D eigenvalue weighted by Crippen LogP contribution is 2.45. The fourth-order valence-electron chi connectivity index (χ4n) is 3.65. The van der Waals surface area contributed by atoms with Crippen LogP contribution >= 0.6 is 35.3 Å². The van der Waals surface area contributed by atoms with Crippen molar-refractivity contribution in [3.63, 3.8) is 0 Å². The Morgan fingerprint density at radius 3 is 2.42 bits per heavy atom. The molecule has 0 aliphatic carbocycles. The van der Waals surface area contributed by atoms with Gasteiger partial charge in [0.1, 0.15) is 10.7 Å². The molecule has 1 saturated heterocycles. The molecular weight excluding hydrogens is 476 g/mol. The van der Waals surface area contributed by atoms with Crippen LogP contribution in [0.15, 0.2) is 82.5 Å². The van der Waals surface area contributed by atoms with Crippen molar-refractivity contribution in [3.8, 4) is 0 Å². The number of aromatic nitrogens is 3. The minimum absolute atomic E-state index is 0.000468. The molecular formula is C23H20N4O3S3. The molecule has 10 heteroatoms. The lowest BCUT2D eigenvalue weighted by Crippen LogP contribution is -2.54. The Kier molecular flexibility index (Phi) is 6.75. The molecule has 168 valence electrons. The Hall–Kier alpha value is -2.69. The third-order valence-corrected chi connectivity index (χ3v) is 8.80. The van der Waals surface area contributed by atoms with Gasteiger partial charge in [-0.3, -0.25) is 9.69 Å². The van der Waals surface area contributed by atoms with Crippen LogP contribution < -0.4 is 0 Å². The van der Waals surface area contributed by atoms with Crippen LogP contribution in [0, 0.1) is 0 Å². The Morgan fingerprint density at radius 1 is 1.12 bits per heavy atom. The van der Waals surface area contributed by atoms with Crippen LogP contribution in [0.3, 0.4) is 0 Å². The number of amides is 1. The largest absolute Gasteiger partial charge is 0.448 e. The highest BCUT2D eigenvalue weighted by molar-refractivity contribution is 8.18. The van der Waals surface area contributed by atoms with Gasteiger partial charge < -0.3 is 4.74 Å². The smallest absolute Gasteiger partial charge is 0.356 e. The second kappa shape index (κ2) is 10.1. The number of nitrogens with zero attached hydrogens (tertiary/aromatic N) is 3. The number of fused-ring (bicyclic) bond motifs is 1. The number of hydrogen-bond donors (Lipinski definition) is 1. The van der Waals surface area contributed by atoms with Crippen molar-refractivity contribution in [2.75, 3.05) is 10.8 Å². The quantitative estimate of drug-likeness (QED) is 0.212. The van der Waals surface area contributed by atoms with Crippen molar-refractivity contribution in [2.24, 2.45) is 0 Å². The standard InChI is InChI=1S/C23H20N4O3S3/c28-19-11-20-27(19)21(17(13-31-20)32-14-33-18-12-24-26-25-18)23(29)30-22(15-7-3-1-4-8-15)16-9-5-2-6-10-16/h1-10,12,20,22H,11,13-14H2,(H,24,25,26)/t20-/m1/s1. The van der Waals surface area contributed by atoms with Crippen LogP contribution in [0.2, 0.25) is 0 Å². The van der Waals surface area contributed by atoms with E-state index >= 15 is 0 Å². The molecule has 5 rings (SSSR count). The van der Waals surface area contributed by atoms with Crippen molar-refractivity contribution >= 4 is 47.2 Å². The molecule has 3 aromatic rings. The molecule has 0 spiro atoms. The summed E-state index contributed by atoms with van der Waals surface area (Å²) in [6, 6.07) is 19.3. The van der Waals surface area contributed by atoms with Crippen LogP contribution in [0.4, 0.5) is 0 Å². The van der Waals surface area contributed by atoms with E-state index in [1.807, 2.05) is 60.7 Å². The number of H-pyrrole nitrogens is 1. The Morgan fingerprint density at radius 2 is 1.82 bits per heavy atom. The highest BCUT2D eigenvalue weighted by atomic mass is 32.2. The van der Waals surface area contributed by atoms with Gasteiger partial charge in [0, 0.05) is 10.7 Å². The van der Waals surface area contributed by atoms with Gasteiger partial charge in [0.15, 0.2) is 6.10 Å². The Labute approximate surface area is 203 Å². The van der Waals surface area contributed by atoms with Gasteiger partial charge in [0.05, 0.1) is 23.1 Å². The number of benzene rings is 2. The number of hydrogen-bond acceptors (Lipinski definition) is 8. The molecule has 0 radical (unpaired) electrons. The summed E-state index contributed by atoms with van der Waals surface area (Å²) in [6.07, 6.45) is 1.55. The molecule has 2 aliphatic rings. The first-order valence-corrected chi connectivity index (χ1v) is 13.3. The Balaban J connectivity index is 1.42. The second-order valence-electron chi connectivity index (χ2n) is 7.33. The van der Waals surface area contributed by atoms with Crippen molar-refractivity contribution in [1.29, 1.82) is 0 Å². The fraction of sp³-hybridized carbons (Fsp3) is 0.217. The van der Waals surface area contributed by atoms with Gasteiger partial charge >= 0.3 is 5.97 Å². The number of rotatable bonds is 8. The van der Waals surface area contributed by atoms with Crippen molar-refractivity contribution in [1.82, 2.24) is 20.3 Å². The van der Waals surface area contributed by atoms with E-state index in [0.717, 1.165) is 21.1 Å². The summed E-state index contributed by atoms with van der Waals surface area (Å²) in [4.78, 5) is 28.5. The van der Waals surface area contributed by atoms with Gasteiger partial charge in [-0.1, -0.05) is 72.4 Å². The zero-order chi connectivity index (χ0) is 22.6. The SMILES string of the molecule is O=C(OC(c1ccccc1)c1ccccc1)C1=C(SCSc2cn[nH]n2)CS[C@@H]2CC(=O)N12. The van der Waals surface area contributed by atoms with E-state index in [2.05, 4.69) is 15.4 Å². The number of thioether (sulfide) groups is 3. The number of carbonyl (C=O) groups is 2. The first-order valence-electron chi connectivity index (χ1n) is 10.3. The van der Waals surface area contributed by atoms with Crippen LogP contribution in [0.25, 0.3) is 0 Å². The van der Waals surface area contributed by atoms with E-state index in [0.29, 0.717) is 23.0 Å². The monoisotopic (exact) mass is 496 g/mol. The summed E-state index contributed by atoms with van der Waals surface area (Å²) in [5, 5.41) is 11.9. The van der Waals surface area contributed by atoms with Gasteiger partial charge in [-0.25, -0.2) is 4.79 Å². The lowest BCUT2D eigenvalue weighted by Gasteiger charge is -2.44. The predicted octanol–water partition coefficient (Wildman–Crippen LogP) is 4.44. The van der Waals surface area contributed by atoms with Gasteiger partial charge in [-0.2, -0.15) is 10.3 Å². The van der Waals surface area contributed by atoms with E-state index in [1.54, 1.807) is 22.9 Å². The number of β-lactam (4-membered cyclic amide) rings is 1. The summed E-state index contributed by atoms with van der Waals surface area (Å²) < 4.78 is 6.10. The van der Waals surface area contributed by atoms with Crippen molar-refractivity contribution < 1.29 is 14.3 Å². The second-order valence-corrected chi connectivity index (χ2v) is 10.9. The van der Waals surface area contributed by atoms with E-state index in [9.17, 15) is 9.59 Å². The zero-order valence-corrected chi connectivity index (χ0v) is 19.9. The minimum atomic E-state index is -0.562. The van der Waals surface area contributed by atoms with Gasteiger partial charge in [-0.15, -0.1) is 28.6 Å². The third-order valence-electron chi connectivity index (χ3n) is 5.27. The average Bonchev–Trinajstić information content (AvgIpc) is 3.37. The maximum atomic E-state index is 13.6. The zero-order valence-electron chi connectivity index (χ0n) is 17.4.